The van der Waals surface area contributed by atoms with Crippen molar-refractivity contribution in [1.29, 1.82) is 0 Å². The lowest BCUT2D eigenvalue weighted by atomic mass is 10.2. The molecule has 0 unspecified atom stereocenters. The summed E-state index contributed by atoms with van der Waals surface area (Å²) < 4.78 is 41.5. The smallest absolute Gasteiger partial charge is 0.259 e. The molecular formula is C21H25FN4O4S. The van der Waals surface area contributed by atoms with E-state index in [2.05, 4.69) is 15.3 Å². The highest BCUT2D eigenvalue weighted by molar-refractivity contribution is 7.93. The first-order valence-electron chi connectivity index (χ1n) is 9.73. The molecule has 0 atom stereocenters. The summed E-state index contributed by atoms with van der Waals surface area (Å²) in [7, 11) is -0.215. The highest BCUT2D eigenvalue weighted by Crippen LogP contribution is 2.38. The van der Waals surface area contributed by atoms with Crippen LogP contribution in [0.3, 0.4) is 0 Å². The van der Waals surface area contributed by atoms with Gasteiger partial charge in [0, 0.05) is 49.5 Å². The van der Waals surface area contributed by atoms with Crippen LogP contribution in [-0.2, 0) is 16.4 Å². The van der Waals surface area contributed by atoms with Gasteiger partial charge >= 0.3 is 0 Å². The van der Waals surface area contributed by atoms with E-state index in [4.69, 9.17) is 4.74 Å². The Bertz CT molecular complexity index is 1100. The zero-order valence-electron chi connectivity index (χ0n) is 17.6. The van der Waals surface area contributed by atoms with E-state index in [1.165, 1.54) is 42.5 Å². The molecule has 1 aromatic carbocycles. The standard InChI is InChI=1S/C21H25FN4O4S/c1-26(9-4-10-31(3,28)29)21(27)17-13-24-19(14-5-6-14)25-20(17)23-12-15-11-16(22)7-8-18(15)30-2/h4,7-8,10-11,13-14H,5-6,9,12H2,1-3H3,(H,23,24,25)/b10-4+. The van der Waals surface area contributed by atoms with Crippen LogP contribution < -0.4 is 10.1 Å². The molecule has 1 aliphatic rings. The fourth-order valence-electron chi connectivity index (χ4n) is 2.95. The maximum Gasteiger partial charge on any atom is 0.259 e. The van der Waals surface area contributed by atoms with E-state index in [-0.39, 0.29) is 30.5 Å². The van der Waals surface area contributed by atoms with Crippen molar-refractivity contribution in [1.82, 2.24) is 14.9 Å². The molecule has 0 saturated heterocycles. The van der Waals surface area contributed by atoms with E-state index >= 15 is 0 Å². The number of methoxy groups -OCH3 is 1. The average Bonchev–Trinajstić information content (AvgIpc) is 3.56. The Morgan fingerprint density at radius 2 is 2.13 bits per heavy atom. The zero-order valence-corrected chi connectivity index (χ0v) is 18.4. The van der Waals surface area contributed by atoms with Crippen molar-refractivity contribution in [3.63, 3.8) is 0 Å². The summed E-state index contributed by atoms with van der Waals surface area (Å²) >= 11 is 0. The van der Waals surface area contributed by atoms with Crippen molar-refractivity contribution in [3.8, 4) is 5.75 Å². The third-order valence-electron chi connectivity index (χ3n) is 4.74. The molecule has 0 spiro atoms. The monoisotopic (exact) mass is 448 g/mol. The molecular weight excluding hydrogens is 423 g/mol. The molecule has 10 heteroatoms. The molecule has 1 aliphatic carbocycles. The van der Waals surface area contributed by atoms with Gasteiger partial charge in [0.25, 0.3) is 5.91 Å². The number of aromatic nitrogens is 2. The predicted octanol–water partition coefficient (Wildman–Crippen LogP) is 2.74. The van der Waals surface area contributed by atoms with Crippen LogP contribution in [0.25, 0.3) is 0 Å². The summed E-state index contributed by atoms with van der Waals surface area (Å²) in [5.41, 5.74) is 0.826. The van der Waals surface area contributed by atoms with Crippen molar-refractivity contribution in [2.24, 2.45) is 0 Å². The molecule has 0 aliphatic heterocycles. The van der Waals surface area contributed by atoms with Crippen molar-refractivity contribution in [2.75, 3.05) is 32.3 Å². The summed E-state index contributed by atoms with van der Waals surface area (Å²) in [6, 6.07) is 4.21. The first-order valence-corrected chi connectivity index (χ1v) is 11.7. The van der Waals surface area contributed by atoms with E-state index in [0.29, 0.717) is 23.0 Å². The van der Waals surface area contributed by atoms with E-state index in [1.54, 1.807) is 7.05 Å². The van der Waals surface area contributed by atoms with Crippen molar-refractivity contribution >= 4 is 21.6 Å². The number of carbonyl (C=O) groups excluding carboxylic acids is 1. The number of carbonyl (C=O) groups is 1. The number of hydrogen-bond acceptors (Lipinski definition) is 7. The molecule has 1 amide bonds. The summed E-state index contributed by atoms with van der Waals surface area (Å²) in [5.74, 6) is 1.03. The number of likely N-dealkylation sites (N-methyl/N-ethyl adjacent to an activating group) is 1. The van der Waals surface area contributed by atoms with Crippen molar-refractivity contribution in [2.45, 2.75) is 25.3 Å². The van der Waals surface area contributed by atoms with E-state index in [0.717, 1.165) is 24.5 Å². The van der Waals surface area contributed by atoms with E-state index in [1.807, 2.05) is 0 Å². The molecule has 0 bridgehead atoms. The maximum atomic E-state index is 13.7. The summed E-state index contributed by atoms with van der Waals surface area (Å²) in [4.78, 5) is 23.2. The van der Waals surface area contributed by atoms with Gasteiger partial charge in [0.05, 0.1) is 7.11 Å². The molecule has 1 aromatic heterocycles. The molecule has 8 nitrogen and oxygen atoms in total. The lowest BCUT2D eigenvalue weighted by molar-refractivity contribution is 0.0810. The molecule has 1 fully saturated rings. The van der Waals surface area contributed by atoms with Crippen LogP contribution in [0.4, 0.5) is 10.2 Å². The normalized spacial score (nSPS) is 13.9. The quantitative estimate of drug-likeness (QED) is 0.629. The van der Waals surface area contributed by atoms with Crippen molar-refractivity contribution in [3.05, 3.63) is 58.6 Å². The first-order chi connectivity index (χ1) is 14.7. The van der Waals surface area contributed by atoms with Crippen LogP contribution in [0.15, 0.2) is 35.9 Å². The molecule has 1 saturated carbocycles. The second-order valence-corrected chi connectivity index (χ2v) is 9.39. The summed E-state index contributed by atoms with van der Waals surface area (Å²) in [6.45, 7) is 0.299. The Balaban J connectivity index is 1.83. The first kappa shape index (κ1) is 22.7. The number of amides is 1. The second-order valence-electron chi connectivity index (χ2n) is 7.46. The fourth-order valence-corrected chi connectivity index (χ4v) is 3.39. The van der Waals surface area contributed by atoms with Gasteiger partial charge in [-0.25, -0.2) is 22.8 Å². The van der Waals surface area contributed by atoms with Crippen molar-refractivity contribution < 1.29 is 22.3 Å². The number of benzene rings is 1. The van der Waals surface area contributed by atoms with Crippen LogP contribution in [0.1, 0.15) is 40.5 Å². The minimum absolute atomic E-state index is 0.105. The van der Waals surface area contributed by atoms with Crippen LogP contribution >= 0.6 is 0 Å². The van der Waals surface area contributed by atoms with Gasteiger partial charge in [0.1, 0.15) is 28.8 Å². The third kappa shape index (κ3) is 6.24. The molecule has 1 N–H and O–H groups in total. The fraction of sp³-hybridized carbons (Fsp3) is 0.381. The molecule has 166 valence electrons. The molecule has 3 rings (SSSR count). The van der Waals surface area contributed by atoms with Crippen LogP contribution in [0, 0.1) is 5.82 Å². The molecule has 0 radical (unpaired) electrons. The largest absolute Gasteiger partial charge is 0.496 e. The van der Waals surface area contributed by atoms with Gasteiger partial charge in [0.15, 0.2) is 9.84 Å². The summed E-state index contributed by atoms with van der Waals surface area (Å²) in [5, 5.41) is 4.17. The van der Waals surface area contributed by atoms with Gasteiger partial charge < -0.3 is 15.0 Å². The number of nitrogens with zero attached hydrogens (tertiary/aromatic N) is 3. The third-order valence-corrected chi connectivity index (χ3v) is 5.43. The molecule has 31 heavy (non-hydrogen) atoms. The Hall–Kier alpha value is -3.01. The highest BCUT2D eigenvalue weighted by atomic mass is 32.2. The Morgan fingerprint density at radius 1 is 1.39 bits per heavy atom. The predicted molar refractivity (Wildman–Crippen MR) is 115 cm³/mol. The number of rotatable bonds is 9. The number of ether oxygens (including phenoxy) is 1. The van der Waals surface area contributed by atoms with Gasteiger partial charge in [-0.2, -0.15) is 0 Å². The number of hydrogen-bond donors (Lipinski definition) is 1. The minimum Gasteiger partial charge on any atom is -0.496 e. The molecule has 2 aromatic rings. The van der Waals surface area contributed by atoms with E-state index in [9.17, 15) is 17.6 Å². The molecule has 1 heterocycles. The van der Waals surface area contributed by atoms with Gasteiger partial charge in [-0.05, 0) is 31.0 Å². The Labute approximate surface area is 181 Å². The lowest BCUT2D eigenvalue weighted by Crippen LogP contribution is -2.28. The number of nitrogens with one attached hydrogen (secondary N) is 1. The second kappa shape index (κ2) is 9.42. The minimum atomic E-state index is -3.27. The lowest BCUT2D eigenvalue weighted by Gasteiger charge is -2.18. The highest BCUT2D eigenvalue weighted by Gasteiger charge is 2.28. The van der Waals surface area contributed by atoms with Gasteiger partial charge in [0.2, 0.25) is 0 Å². The topological polar surface area (TPSA) is 101 Å². The maximum absolute atomic E-state index is 13.7. The van der Waals surface area contributed by atoms with Gasteiger partial charge in [-0.1, -0.05) is 6.08 Å². The Morgan fingerprint density at radius 3 is 2.77 bits per heavy atom. The summed E-state index contributed by atoms with van der Waals surface area (Å²) in [6.07, 6.45) is 5.96. The van der Waals surface area contributed by atoms with Gasteiger partial charge in [-0.15, -0.1) is 0 Å². The number of halogens is 1. The average molecular weight is 449 g/mol. The zero-order chi connectivity index (χ0) is 22.6. The SMILES string of the molecule is COc1ccc(F)cc1CNc1nc(C2CC2)ncc1C(=O)N(C)C/C=C/S(C)(=O)=O. The van der Waals surface area contributed by atoms with Crippen LogP contribution in [0.2, 0.25) is 0 Å². The van der Waals surface area contributed by atoms with E-state index < -0.39 is 15.7 Å². The number of anilines is 1. The van der Waals surface area contributed by atoms with Crippen LogP contribution in [-0.4, -0.2) is 56.2 Å². The number of sulfone groups is 1. The Kier molecular flexibility index (Phi) is 6.89. The van der Waals surface area contributed by atoms with Gasteiger partial charge in [-0.3, -0.25) is 4.79 Å². The van der Waals surface area contributed by atoms with Crippen LogP contribution in [0.5, 0.6) is 5.75 Å².